The Kier molecular flexibility index (Phi) is 7.65. The lowest BCUT2D eigenvalue weighted by molar-refractivity contribution is -0.384. The van der Waals surface area contributed by atoms with Crippen LogP contribution in [0.2, 0.25) is 5.02 Å². The second kappa shape index (κ2) is 11.2. The number of aromatic nitrogens is 1. The van der Waals surface area contributed by atoms with Crippen molar-refractivity contribution in [2.45, 2.75) is 19.9 Å². The van der Waals surface area contributed by atoms with Crippen LogP contribution in [0.25, 0.3) is 17.4 Å². The van der Waals surface area contributed by atoms with Crippen molar-refractivity contribution in [3.05, 3.63) is 112 Å². The lowest BCUT2D eigenvalue weighted by Crippen LogP contribution is -2.39. The number of nitrogens with zero attached hydrogens (tertiary/aromatic N) is 4. The summed E-state index contributed by atoms with van der Waals surface area (Å²) in [5, 5.41) is 11.8. The number of thiazole rings is 1. The van der Waals surface area contributed by atoms with E-state index in [0.717, 1.165) is 22.6 Å². The zero-order valence-corrected chi connectivity index (χ0v) is 24.2. The van der Waals surface area contributed by atoms with Crippen LogP contribution in [0.4, 0.5) is 11.4 Å². The van der Waals surface area contributed by atoms with Gasteiger partial charge in [0.05, 0.1) is 38.9 Å². The summed E-state index contributed by atoms with van der Waals surface area (Å²) in [6.07, 6.45) is 1.56. The molecule has 0 saturated carbocycles. The van der Waals surface area contributed by atoms with Gasteiger partial charge in [-0.05, 0) is 55.8 Å². The molecule has 5 rings (SSSR count). The summed E-state index contributed by atoms with van der Waals surface area (Å²) in [6, 6.07) is 14.4. The summed E-state index contributed by atoms with van der Waals surface area (Å²) in [4.78, 5) is 44.9. The fourth-order valence-electron chi connectivity index (χ4n) is 4.63. The molecular weight excluding hydrogens is 568 g/mol. The first-order valence-corrected chi connectivity index (χ1v) is 13.8. The number of carbonyl (C=O) groups is 1. The summed E-state index contributed by atoms with van der Waals surface area (Å²) >= 11 is 7.10. The third kappa shape index (κ3) is 5.33. The number of furan rings is 1. The Morgan fingerprint density at radius 2 is 1.95 bits per heavy atom. The molecule has 2 aromatic carbocycles. The number of rotatable bonds is 7. The van der Waals surface area contributed by atoms with Gasteiger partial charge in [0, 0.05) is 36.9 Å². The first-order valence-electron chi connectivity index (χ1n) is 12.6. The number of benzene rings is 2. The Morgan fingerprint density at radius 3 is 2.61 bits per heavy atom. The van der Waals surface area contributed by atoms with Crippen molar-refractivity contribution in [1.29, 1.82) is 0 Å². The van der Waals surface area contributed by atoms with Crippen LogP contribution in [0, 0.1) is 10.1 Å². The molecule has 10 nitrogen and oxygen atoms in total. The molecule has 4 aromatic rings. The highest BCUT2D eigenvalue weighted by Crippen LogP contribution is 2.34. The molecule has 12 heteroatoms. The van der Waals surface area contributed by atoms with E-state index in [0.29, 0.717) is 26.4 Å². The standard InChI is InChI=1S/C29H25ClN4O6S/c1-5-39-28(36)25-16(2)31-29-33(26(25)17-6-9-19(10-7-17)32(3)4)27(35)24(41-29)15-20-11-13-23(40-20)21-12-8-18(30)14-22(21)34(37)38/h6-15,26H,5H2,1-4H3/b24-15+/t26-/m0/s1. The molecule has 210 valence electrons. The van der Waals surface area contributed by atoms with E-state index in [1.54, 1.807) is 38.1 Å². The van der Waals surface area contributed by atoms with E-state index >= 15 is 0 Å². The molecule has 0 spiro atoms. The Hall–Kier alpha value is -4.48. The molecule has 0 amide bonds. The SMILES string of the molecule is CCOC(=O)C1=C(C)N=c2s/c(=C/c3ccc(-c4ccc(Cl)cc4[N+](=O)[O-])o3)c(=O)n2[C@H]1c1ccc(N(C)C)cc1. The van der Waals surface area contributed by atoms with Crippen molar-refractivity contribution in [2.75, 3.05) is 25.6 Å². The van der Waals surface area contributed by atoms with Crippen LogP contribution >= 0.6 is 22.9 Å². The quantitative estimate of drug-likeness (QED) is 0.173. The monoisotopic (exact) mass is 592 g/mol. The van der Waals surface area contributed by atoms with Gasteiger partial charge in [-0.3, -0.25) is 19.5 Å². The van der Waals surface area contributed by atoms with Crippen LogP contribution in [0.1, 0.15) is 31.2 Å². The maximum Gasteiger partial charge on any atom is 0.338 e. The molecule has 1 aliphatic heterocycles. The number of hydrogen-bond donors (Lipinski definition) is 0. The van der Waals surface area contributed by atoms with E-state index in [2.05, 4.69) is 4.99 Å². The lowest BCUT2D eigenvalue weighted by atomic mass is 9.95. The Bertz CT molecular complexity index is 1880. The van der Waals surface area contributed by atoms with Gasteiger partial charge in [-0.25, -0.2) is 9.79 Å². The number of hydrogen-bond acceptors (Lipinski definition) is 9. The maximum absolute atomic E-state index is 13.8. The normalized spacial score (nSPS) is 15.0. The van der Waals surface area contributed by atoms with Gasteiger partial charge in [0.15, 0.2) is 4.80 Å². The number of nitro benzene ring substituents is 1. The van der Waals surface area contributed by atoms with Crippen LogP contribution in [-0.4, -0.2) is 36.2 Å². The van der Waals surface area contributed by atoms with Gasteiger partial charge in [-0.2, -0.15) is 0 Å². The molecule has 0 N–H and O–H groups in total. The average Bonchev–Trinajstić information content (AvgIpc) is 3.52. The van der Waals surface area contributed by atoms with E-state index in [1.165, 1.54) is 16.7 Å². The Morgan fingerprint density at radius 1 is 1.22 bits per heavy atom. The van der Waals surface area contributed by atoms with Crippen LogP contribution in [0.3, 0.4) is 0 Å². The van der Waals surface area contributed by atoms with E-state index < -0.39 is 16.9 Å². The van der Waals surface area contributed by atoms with Gasteiger partial charge in [0.2, 0.25) is 0 Å². The number of allylic oxidation sites excluding steroid dienone is 1. The second-order valence-electron chi connectivity index (χ2n) is 9.41. The molecule has 1 aliphatic rings. The molecule has 0 unspecified atom stereocenters. The van der Waals surface area contributed by atoms with Gasteiger partial charge in [-0.15, -0.1) is 0 Å². The number of anilines is 1. The number of nitro groups is 1. The first-order chi connectivity index (χ1) is 19.6. The van der Waals surface area contributed by atoms with Gasteiger partial charge >= 0.3 is 5.97 Å². The van der Waals surface area contributed by atoms with Crippen LogP contribution in [-0.2, 0) is 9.53 Å². The molecule has 0 radical (unpaired) electrons. The second-order valence-corrected chi connectivity index (χ2v) is 10.9. The van der Waals surface area contributed by atoms with Crippen LogP contribution in [0.15, 0.2) is 80.1 Å². The molecule has 3 heterocycles. The first kappa shape index (κ1) is 28.1. The summed E-state index contributed by atoms with van der Waals surface area (Å²) in [6.45, 7) is 3.63. The zero-order chi connectivity index (χ0) is 29.4. The number of halogens is 1. The average molecular weight is 593 g/mol. The number of ether oxygens (including phenoxy) is 1. The van der Waals surface area contributed by atoms with Crippen LogP contribution in [0.5, 0.6) is 0 Å². The molecule has 0 aliphatic carbocycles. The minimum Gasteiger partial charge on any atom is -0.463 e. The van der Waals surface area contributed by atoms with Crippen molar-refractivity contribution in [3.8, 4) is 11.3 Å². The van der Waals surface area contributed by atoms with E-state index in [4.69, 9.17) is 20.8 Å². The van der Waals surface area contributed by atoms with Crippen molar-refractivity contribution >= 4 is 46.4 Å². The fraction of sp³-hybridized carbons (Fsp3) is 0.207. The van der Waals surface area contributed by atoms with Gasteiger partial charge < -0.3 is 14.1 Å². The van der Waals surface area contributed by atoms with E-state index in [1.807, 2.05) is 43.3 Å². The fourth-order valence-corrected chi connectivity index (χ4v) is 5.82. The van der Waals surface area contributed by atoms with E-state index in [9.17, 15) is 19.7 Å². The van der Waals surface area contributed by atoms with Gasteiger partial charge in [0.1, 0.15) is 11.5 Å². The lowest BCUT2D eigenvalue weighted by Gasteiger charge is -2.25. The minimum absolute atomic E-state index is 0.179. The van der Waals surface area contributed by atoms with Gasteiger partial charge in [-0.1, -0.05) is 35.1 Å². The van der Waals surface area contributed by atoms with Crippen molar-refractivity contribution in [2.24, 2.45) is 4.99 Å². The Balaban J connectivity index is 1.63. The highest BCUT2D eigenvalue weighted by Gasteiger charge is 2.33. The van der Waals surface area contributed by atoms with Gasteiger partial charge in [0.25, 0.3) is 11.2 Å². The third-order valence-corrected chi connectivity index (χ3v) is 7.78. The summed E-state index contributed by atoms with van der Waals surface area (Å²) < 4.78 is 13.0. The molecule has 0 bridgehead atoms. The molecule has 2 aromatic heterocycles. The molecule has 1 atom stereocenters. The third-order valence-electron chi connectivity index (χ3n) is 6.56. The molecule has 41 heavy (non-hydrogen) atoms. The summed E-state index contributed by atoms with van der Waals surface area (Å²) in [7, 11) is 3.86. The molecule has 0 saturated heterocycles. The highest BCUT2D eigenvalue weighted by molar-refractivity contribution is 7.07. The number of fused-ring (bicyclic) bond motifs is 1. The maximum atomic E-state index is 13.8. The summed E-state index contributed by atoms with van der Waals surface area (Å²) in [5.41, 5.74) is 2.16. The molecular formula is C29H25ClN4O6S. The van der Waals surface area contributed by atoms with E-state index in [-0.39, 0.29) is 34.2 Å². The number of carbonyl (C=O) groups excluding carboxylic acids is 1. The van der Waals surface area contributed by atoms with Crippen LogP contribution < -0.4 is 19.8 Å². The van der Waals surface area contributed by atoms with Crippen molar-refractivity contribution in [1.82, 2.24) is 4.57 Å². The predicted octanol–water partition coefficient (Wildman–Crippen LogP) is 4.69. The molecule has 0 fully saturated rings. The smallest absolute Gasteiger partial charge is 0.338 e. The predicted molar refractivity (Wildman–Crippen MR) is 157 cm³/mol. The highest BCUT2D eigenvalue weighted by atomic mass is 35.5. The largest absolute Gasteiger partial charge is 0.463 e. The summed E-state index contributed by atoms with van der Waals surface area (Å²) in [5.74, 6) is 0.0411. The van der Waals surface area contributed by atoms with Crippen molar-refractivity contribution < 1.29 is 18.9 Å². The topological polar surface area (TPSA) is 120 Å². The zero-order valence-electron chi connectivity index (χ0n) is 22.6. The Labute approximate surface area is 243 Å². The van der Waals surface area contributed by atoms with Crippen molar-refractivity contribution in [3.63, 3.8) is 0 Å². The number of esters is 1. The minimum atomic E-state index is -0.743.